The number of hydrogen-bond acceptors (Lipinski definition) is 2. The molecule has 1 unspecified atom stereocenters. The predicted molar refractivity (Wildman–Crippen MR) is 82.8 cm³/mol. The maximum Gasteiger partial charge on any atom is 0.0469 e. The van der Waals surface area contributed by atoms with Crippen LogP contribution in [0.15, 0.2) is 24.3 Å². The molecule has 1 atom stereocenters. The Labute approximate surface area is 122 Å². The van der Waals surface area contributed by atoms with Crippen LogP contribution in [0.1, 0.15) is 50.3 Å². The van der Waals surface area contributed by atoms with Crippen molar-refractivity contribution in [2.75, 3.05) is 19.8 Å². The van der Waals surface area contributed by atoms with Crippen LogP contribution in [0, 0.1) is 11.3 Å². The van der Waals surface area contributed by atoms with E-state index in [1.165, 1.54) is 36.8 Å². The first-order valence-electron chi connectivity index (χ1n) is 8.06. The van der Waals surface area contributed by atoms with Crippen LogP contribution in [0.25, 0.3) is 0 Å². The Morgan fingerprint density at radius 3 is 2.75 bits per heavy atom. The summed E-state index contributed by atoms with van der Waals surface area (Å²) in [6.07, 6.45) is 4.91. The van der Waals surface area contributed by atoms with Gasteiger partial charge in [0.15, 0.2) is 0 Å². The fourth-order valence-corrected chi connectivity index (χ4v) is 3.69. The topological polar surface area (TPSA) is 21.3 Å². The van der Waals surface area contributed by atoms with Crippen LogP contribution in [-0.2, 0) is 11.2 Å². The van der Waals surface area contributed by atoms with Gasteiger partial charge in [-0.05, 0) is 54.7 Å². The molecule has 110 valence electrons. The Morgan fingerprint density at radius 1 is 1.20 bits per heavy atom. The summed E-state index contributed by atoms with van der Waals surface area (Å²) in [6.45, 7) is 7.83. The van der Waals surface area contributed by atoms with Gasteiger partial charge in [-0.15, -0.1) is 0 Å². The van der Waals surface area contributed by atoms with Gasteiger partial charge in [0, 0.05) is 19.3 Å². The molecule has 20 heavy (non-hydrogen) atoms. The molecule has 1 aromatic rings. The lowest BCUT2D eigenvalue weighted by Crippen LogP contribution is -2.40. The molecule has 2 aliphatic rings. The zero-order valence-corrected chi connectivity index (χ0v) is 12.8. The van der Waals surface area contributed by atoms with Gasteiger partial charge in [0.05, 0.1) is 0 Å². The van der Waals surface area contributed by atoms with Crippen molar-refractivity contribution in [2.24, 2.45) is 11.3 Å². The zero-order valence-electron chi connectivity index (χ0n) is 12.8. The molecule has 1 fully saturated rings. The average molecular weight is 273 g/mol. The van der Waals surface area contributed by atoms with E-state index in [-0.39, 0.29) is 0 Å². The van der Waals surface area contributed by atoms with E-state index in [2.05, 4.69) is 43.4 Å². The fraction of sp³-hybridized carbons (Fsp3) is 0.667. The Kier molecular flexibility index (Phi) is 4.13. The number of ether oxygens (including phenoxy) is 1. The number of nitrogens with one attached hydrogen (secondary N) is 1. The molecule has 1 heterocycles. The van der Waals surface area contributed by atoms with E-state index >= 15 is 0 Å². The lowest BCUT2D eigenvalue weighted by atomic mass is 9.70. The highest BCUT2D eigenvalue weighted by molar-refractivity contribution is 5.34. The van der Waals surface area contributed by atoms with Gasteiger partial charge in [-0.1, -0.05) is 38.1 Å². The van der Waals surface area contributed by atoms with Crippen LogP contribution in [0.5, 0.6) is 0 Å². The van der Waals surface area contributed by atoms with Gasteiger partial charge in [-0.25, -0.2) is 0 Å². The maximum atomic E-state index is 5.46. The molecular formula is C18H27NO. The van der Waals surface area contributed by atoms with Crippen molar-refractivity contribution in [2.45, 2.75) is 45.6 Å². The van der Waals surface area contributed by atoms with Crippen molar-refractivity contribution in [1.82, 2.24) is 5.32 Å². The van der Waals surface area contributed by atoms with Gasteiger partial charge in [0.1, 0.15) is 0 Å². The Balaban J connectivity index is 1.72. The summed E-state index contributed by atoms with van der Waals surface area (Å²) in [5.74, 6) is 0.786. The van der Waals surface area contributed by atoms with E-state index in [0.717, 1.165) is 25.7 Å². The van der Waals surface area contributed by atoms with E-state index in [1.54, 1.807) is 0 Å². The summed E-state index contributed by atoms with van der Waals surface area (Å²) in [4.78, 5) is 0. The number of rotatable bonds is 3. The van der Waals surface area contributed by atoms with Crippen molar-refractivity contribution >= 4 is 0 Å². The summed E-state index contributed by atoms with van der Waals surface area (Å²) >= 11 is 0. The van der Waals surface area contributed by atoms with Crippen LogP contribution < -0.4 is 5.32 Å². The molecule has 2 heteroatoms. The first-order chi connectivity index (χ1) is 9.67. The molecule has 0 spiro atoms. The highest BCUT2D eigenvalue weighted by Gasteiger charge is 2.35. The third-order valence-corrected chi connectivity index (χ3v) is 5.14. The van der Waals surface area contributed by atoms with E-state index in [1.807, 2.05) is 0 Å². The Morgan fingerprint density at radius 2 is 1.95 bits per heavy atom. The van der Waals surface area contributed by atoms with Gasteiger partial charge in [0.2, 0.25) is 0 Å². The Bertz CT molecular complexity index is 448. The van der Waals surface area contributed by atoms with Gasteiger partial charge in [-0.3, -0.25) is 0 Å². The van der Waals surface area contributed by atoms with Crippen molar-refractivity contribution in [1.29, 1.82) is 0 Å². The SMILES string of the molecule is CC1(C)CCc2ccccc2C1NCC1CCOCC1. The molecule has 1 aliphatic heterocycles. The van der Waals surface area contributed by atoms with Crippen LogP contribution in [0.4, 0.5) is 0 Å². The Hall–Kier alpha value is -0.860. The molecule has 0 amide bonds. The van der Waals surface area contributed by atoms with Crippen LogP contribution in [0.3, 0.4) is 0 Å². The summed E-state index contributed by atoms with van der Waals surface area (Å²) in [7, 11) is 0. The molecule has 0 radical (unpaired) electrons. The summed E-state index contributed by atoms with van der Waals surface area (Å²) < 4.78 is 5.46. The van der Waals surface area contributed by atoms with E-state index in [9.17, 15) is 0 Å². The van der Waals surface area contributed by atoms with Gasteiger partial charge in [-0.2, -0.15) is 0 Å². The lowest BCUT2D eigenvalue weighted by molar-refractivity contribution is 0.0627. The standard InChI is InChI=1S/C18H27NO/c1-18(2)10-7-15-5-3-4-6-16(15)17(18)19-13-14-8-11-20-12-9-14/h3-6,14,17,19H,7-13H2,1-2H3. The first kappa shape index (κ1) is 14.1. The van der Waals surface area contributed by atoms with Crippen molar-refractivity contribution in [3.8, 4) is 0 Å². The lowest BCUT2D eigenvalue weighted by Gasteiger charge is -2.41. The van der Waals surface area contributed by atoms with Crippen molar-refractivity contribution in [3.05, 3.63) is 35.4 Å². The largest absolute Gasteiger partial charge is 0.381 e. The minimum absolute atomic E-state index is 0.347. The zero-order chi connectivity index (χ0) is 14.0. The highest BCUT2D eigenvalue weighted by atomic mass is 16.5. The number of fused-ring (bicyclic) bond motifs is 1. The normalized spacial score (nSPS) is 26.2. The summed E-state index contributed by atoms with van der Waals surface area (Å²) in [5.41, 5.74) is 3.41. The highest BCUT2D eigenvalue weighted by Crippen LogP contribution is 2.43. The summed E-state index contributed by atoms with van der Waals surface area (Å²) in [6, 6.07) is 9.47. The van der Waals surface area contributed by atoms with Gasteiger partial charge in [0.25, 0.3) is 0 Å². The third kappa shape index (κ3) is 2.91. The minimum atomic E-state index is 0.347. The molecule has 1 aromatic carbocycles. The molecule has 1 N–H and O–H groups in total. The maximum absolute atomic E-state index is 5.46. The number of hydrogen-bond donors (Lipinski definition) is 1. The molecule has 0 bridgehead atoms. The fourth-order valence-electron chi connectivity index (χ4n) is 3.69. The molecule has 1 aliphatic carbocycles. The quantitative estimate of drug-likeness (QED) is 0.906. The second kappa shape index (κ2) is 5.87. The predicted octanol–water partition coefficient (Wildman–Crippen LogP) is 3.72. The molecule has 0 aromatic heterocycles. The van der Waals surface area contributed by atoms with Gasteiger partial charge >= 0.3 is 0 Å². The first-order valence-corrected chi connectivity index (χ1v) is 8.06. The second-order valence-electron chi connectivity index (χ2n) is 7.08. The van der Waals surface area contributed by atoms with Crippen LogP contribution in [0.2, 0.25) is 0 Å². The average Bonchev–Trinajstić information content (AvgIpc) is 2.47. The number of aryl methyl sites for hydroxylation is 1. The minimum Gasteiger partial charge on any atom is -0.381 e. The van der Waals surface area contributed by atoms with Crippen LogP contribution >= 0.6 is 0 Å². The number of benzene rings is 1. The van der Waals surface area contributed by atoms with E-state index < -0.39 is 0 Å². The van der Waals surface area contributed by atoms with Gasteiger partial charge < -0.3 is 10.1 Å². The summed E-state index contributed by atoms with van der Waals surface area (Å²) in [5, 5.41) is 3.88. The molecule has 0 saturated carbocycles. The van der Waals surface area contributed by atoms with E-state index in [4.69, 9.17) is 4.74 Å². The monoisotopic (exact) mass is 273 g/mol. The smallest absolute Gasteiger partial charge is 0.0469 e. The van der Waals surface area contributed by atoms with Crippen molar-refractivity contribution in [3.63, 3.8) is 0 Å². The molecule has 1 saturated heterocycles. The van der Waals surface area contributed by atoms with E-state index in [0.29, 0.717) is 11.5 Å². The second-order valence-corrected chi connectivity index (χ2v) is 7.08. The van der Waals surface area contributed by atoms with Crippen LogP contribution in [-0.4, -0.2) is 19.8 Å². The third-order valence-electron chi connectivity index (χ3n) is 5.14. The molecule has 2 nitrogen and oxygen atoms in total. The van der Waals surface area contributed by atoms with Crippen molar-refractivity contribution < 1.29 is 4.74 Å². The molecular weight excluding hydrogens is 246 g/mol. The molecule has 3 rings (SSSR count).